The van der Waals surface area contributed by atoms with Gasteiger partial charge in [-0.2, -0.15) is 4.98 Å². The van der Waals surface area contributed by atoms with E-state index in [0.29, 0.717) is 18.1 Å². The molecule has 1 atom stereocenters. The Hall–Kier alpha value is -1.88. The molecular formula is C13H17N3O2. The molecule has 0 aliphatic carbocycles. The lowest BCUT2D eigenvalue weighted by molar-refractivity contribution is 0.371. The zero-order valence-electron chi connectivity index (χ0n) is 10.6. The van der Waals surface area contributed by atoms with Crippen LogP contribution in [0.15, 0.2) is 28.8 Å². The molecule has 5 nitrogen and oxygen atoms in total. The van der Waals surface area contributed by atoms with Gasteiger partial charge in [-0.05, 0) is 12.5 Å². The van der Waals surface area contributed by atoms with Crippen molar-refractivity contribution in [3.05, 3.63) is 41.5 Å². The third-order valence-electron chi connectivity index (χ3n) is 2.79. The van der Waals surface area contributed by atoms with Gasteiger partial charge in [0.15, 0.2) is 5.82 Å². The van der Waals surface area contributed by atoms with Crippen LogP contribution in [0.2, 0.25) is 0 Å². The molecule has 5 heteroatoms. The molecule has 0 radical (unpaired) electrons. The van der Waals surface area contributed by atoms with Gasteiger partial charge in [-0.3, -0.25) is 0 Å². The second-order valence-corrected chi connectivity index (χ2v) is 4.05. The van der Waals surface area contributed by atoms with Gasteiger partial charge >= 0.3 is 0 Å². The van der Waals surface area contributed by atoms with Crippen LogP contribution in [-0.4, -0.2) is 17.3 Å². The predicted octanol–water partition coefficient (Wildman–Crippen LogP) is 2.08. The van der Waals surface area contributed by atoms with Gasteiger partial charge in [0.25, 0.3) is 0 Å². The average molecular weight is 247 g/mol. The van der Waals surface area contributed by atoms with Crippen molar-refractivity contribution in [3.63, 3.8) is 0 Å². The zero-order chi connectivity index (χ0) is 13.0. The highest BCUT2D eigenvalue weighted by Crippen LogP contribution is 2.20. The summed E-state index contributed by atoms with van der Waals surface area (Å²) < 4.78 is 10.5. The Balaban J connectivity index is 2.16. The molecule has 1 heterocycles. The number of rotatable bonds is 5. The lowest BCUT2D eigenvalue weighted by Gasteiger charge is -2.05. The molecule has 2 N–H and O–H groups in total. The lowest BCUT2D eigenvalue weighted by atomic mass is 10.1. The van der Waals surface area contributed by atoms with Crippen LogP contribution in [0.3, 0.4) is 0 Å². The number of hydrogen-bond donors (Lipinski definition) is 1. The molecule has 2 aromatic rings. The van der Waals surface area contributed by atoms with E-state index in [-0.39, 0.29) is 6.04 Å². The van der Waals surface area contributed by atoms with Gasteiger partial charge in [-0.25, -0.2) is 0 Å². The summed E-state index contributed by atoms with van der Waals surface area (Å²) in [6.07, 6.45) is 1.33. The Bertz CT molecular complexity index is 510. The van der Waals surface area contributed by atoms with Crippen LogP contribution < -0.4 is 10.5 Å². The third kappa shape index (κ3) is 2.68. The summed E-state index contributed by atoms with van der Waals surface area (Å²) in [6, 6.07) is 7.59. The van der Waals surface area contributed by atoms with Crippen molar-refractivity contribution in [2.45, 2.75) is 25.8 Å². The van der Waals surface area contributed by atoms with E-state index in [0.717, 1.165) is 17.7 Å². The van der Waals surface area contributed by atoms with Gasteiger partial charge in [0.1, 0.15) is 5.75 Å². The molecule has 2 rings (SSSR count). The van der Waals surface area contributed by atoms with Crippen LogP contribution in [0, 0.1) is 0 Å². The molecule has 0 saturated carbocycles. The number of ether oxygens (including phenoxy) is 1. The molecule has 0 amide bonds. The van der Waals surface area contributed by atoms with Gasteiger partial charge in [0.05, 0.1) is 19.6 Å². The molecule has 0 spiro atoms. The van der Waals surface area contributed by atoms with Gasteiger partial charge in [-0.1, -0.05) is 30.3 Å². The fraction of sp³-hybridized carbons (Fsp3) is 0.385. The number of hydrogen-bond acceptors (Lipinski definition) is 5. The Kier molecular flexibility index (Phi) is 3.94. The molecule has 96 valence electrons. The van der Waals surface area contributed by atoms with Crippen molar-refractivity contribution in [3.8, 4) is 5.75 Å². The van der Waals surface area contributed by atoms with Crippen molar-refractivity contribution in [1.82, 2.24) is 10.1 Å². The van der Waals surface area contributed by atoms with Crippen LogP contribution >= 0.6 is 0 Å². The first-order valence-electron chi connectivity index (χ1n) is 5.94. The van der Waals surface area contributed by atoms with Crippen LogP contribution in [0.1, 0.15) is 36.7 Å². The highest BCUT2D eigenvalue weighted by Gasteiger charge is 2.13. The first-order valence-corrected chi connectivity index (χ1v) is 5.94. The van der Waals surface area contributed by atoms with E-state index in [2.05, 4.69) is 10.1 Å². The van der Waals surface area contributed by atoms with Crippen molar-refractivity contribution in [2.75, 3.05) is 7.11 Å². The highest BCUT2D eigenvalue weighted by molar-refractivity contribution is 5.34. The highest BCUT2D eigenvalue weighted by atomic mass is 16.5. The number of methoxy groups -OCH3 is 1. The minimum absolute atomic E-state index is 0.167. The van der Waals surface area contributed by atoms with Gasteiger partial charge in [0.2, 0.25) is 5.89 Å². The summed E-state index contributed by atoms with van der Waals surface area (Å²) in [5, 5.41) is 3.89. The van der Waals surface area contributed by atoms with Crippen molar-refractivity contribution >= 4 is 0 Å². The maximum absolute atomic E-state index is 5.85. The first-order chi connectivity index (χ1) is 8.74. The summed E-state index contributed by atoms with van der Waals surface area (Å²) in [5.74, 6) is 1.93. The summed E-state index contributed by atoms with van der Waals surface area (Å²) >= 11 is 0. The number of nitrogens with two attached hydrogens (primary N) is 1. The van der Waals surface area contributed by atoms with Crippen LogP contribution in [0.25, 0.3) is 0 Å². The Morgan fingerprint density at radius 3 is 2.89 bits per heavy atom. The summed E-state index contributed by atoms with van der Waals surface area (Å²) in [5.41, 5.74) is 6.86. The number of aromatic nitrogens is 2. The number of para-hydroxylation sites is 1. The maximum atomic E-state index is 5.85. The standard InChI is InChI=1S/C13H17N3O2/c1-3-10(14)13-15-12(18-16-13)8-9-6-4-5-7-11(9)17-2/h4-7,10H,3,8,14H2,1-2H3. The molecule has 1 aromatic heterocycles. The fourth-order valence-corrected chi connectivity index (χ4v) is 1.68. The Labute approximate surface area is 106 Å². The van der Waals surface area contributed by atoms with Gasteiger partial charge in [0, 0.05) is 5.56 Å². The second-order valence-electron chi connectivity index (χ2n) is 4.05. The molecule has 0 bridgehead atoms. The van der Waals surface area contributed by atoms with Gasteiger partial charge in [-0.15, -0.1) is 0 Å². The quantitative estimate of drug-likeness (QED) is 0.875. The third-order valence-corrected chi connectivity index (χ3v) is 2.79. The van der Waals surface area contributed by atoms with E-state index < -0.39 is 0 Å². The van der Waals surface area contributed by atoms with Crippen molar-refractivity contribution in [2.24, 2.45) is 5.73 Å². The van der Waals surface area contributed by atoms with Crippen LogP contribution in [0.5, 0.6) is 5.75 Å². The normalized spacial score (nSPS) is 12.4. The number of benzene rings is 1. The smallest absolute Gasteiger partial charge is 0.231 e. The lowest BCUT2D eigenvalue weighted by Crippen LogP contribution is -2.10. The average Bonchev–Trinajstić information content (AvgIpc) is 2.87. The molecule has 0 aliphatic rings. The summed E-state index contributed by atoms with van der Waals surface area (Å²) in [7, 11) is 1.64. The van der Waals surface area contributed by atoms with Crippen molar-refractivity contribution < 1.29 is 9.26 Å². The van der Waals surface area contributed by atoms with E-state index in [1.165, 1.54) is 0 Å². The monoisotopic (exact) mass is 247 g/mol. The number of nitrogens with zero attached hydrogens (tertiary/aromatic N) is 2. The predicted molar refractivity (Wildman–Crippen MR) is 67.3 cm³/mol. The summed E-state index contributed by atoms with van der Waals surface area (Å²) in [6.45, 7) is 1.99. The van der Waals surface area contributed by atoms with Gasteiger partial charge < -0.3 is 15.0 Å². The Morgan fingerprint density at radius 2 is 2.17 bits per heavy atom. The zero-order valence-corrected chi connectivity index (χ0v) is 10.6. The topological polar surface area (TPSA) is 74.2 Å². The van der Waals surface area contributed by atoms with E-state index in [9.17, 15) is 0 Å². The SMILES string of the molecule is CCC(N)c1noc(Cc2ccccc2OC)n1. The molecule has 0 fully saturated rings. The van der Waals surface area contributed by atoms with Crippen LogP contribution in [-0.2, 0) is 6.42 Å². The first kappa shape index (κ1) is 12.6. The van der Waals surface area contributed by atoms with E-state index >= 15 is 0 Å². The molecule has 1 aromatic carbocycles. The molecular weight excluding hydrogens is 230 g/mol. The largest absolute Gasteiger partial charge is 0.496 e. The molecule has 1 unspecified atom stereocenters. The van der Waals surface area contributed by atoms with E-state index in [4.69, 9.17) is 15.0 Å². The minimum Gasteiger partial charge on any atom is -0.496 e. The molecule has 0 saturated heterocycles. The molecule has 0 aliphatic heterocycles. The molecule has 18 heavy (non-hydrogen) atoms. The van der Waals surface area contributed by atoms with E-state index in [1.54, 1.807) is 7.11 Å². The van der Waals surface area contributed by atoms with Crippen molar-refractivity contribution in [1.29, 1.82) is 0 Å². The maximum Gasteiger partial charge on any atom is 0.231 e. The summed E-state index contributed by atoms with van der Waals surface area (Å²) in [4.78, 5) is 4.29. The van der Waals surface area contributed by atoms with Crippen LogP contribution in [0.4, 0.5) is 0 Å². The second kappa shape index (κ2) is 5.64. The van der Waals surface area contributed by atoms with E-state index in [1.807, 2.05) is 31.2 Å². The fourth-order valence-electron chi connectivity index (χ4n) is 1.68. The minimum atomic E-state index is -0.167. The Morgan fingerprint density at radius 1 is 1.39 bits per heavy atom.